The van der Waals surface area contributed by atoms with Crippen LogP contribution in [0.1, 0.15) is 36.8 Å². The molecular formula is C18H23ClN4O. The van der Waals surface area contributed by atoms with E-state index in [1.807, 2.05) is 34.8 Å². The number of nitrogens with one attached hydrogen (secondary N) is 1. The number of halogens is 1. The van der Waals surface area contributed by atoms with Crippen LogP contribution in [0.25, 0.3) is 0 Å². The van der Waals surface area contributed by atoms with Crippen LogP contribution in [0.15, 0.2) is 30.6 Å². The van der Waals surface area contributed by atoms with Crippen molar-refractivity contribution in [3.05, 3.63) is 46.7 Å². The van der Waals surface area contributed by atoms with Gasteiger partial charge in [-0.15, -0.1) is 0 Å². The Morgan fingerprint density at radius 1 is 1.38 bits per heavy atom. The number of urea groups is 1. The highest BCUT2D eigenvalue weighted by atomic mass is 35.5. The summed E-state index contributed by atoms with van der Waals surface area (Å²) in [6.45, 7) is 6.41. The van der Waals surface area contributed by atoms with Crippen molar-refractivity contribution in [2.45, 2.75) is 39.2 Å². The molecule has 0 unspecified atom stereocenters. The third-order valence-corrected chi connectivity index (χ3v) is 5.00. The van der Waals surface area contributed by atoms with Crippen molar-refractivity contribution < 1.29 is 4.79 Å². The number of nitrogens with zero attached hydrogens (tertiary/aromatic N) is 3. The Kier molecular flexibility index (Phi) is 5.09. The fourth-order valence-corrected chi connectivity index (χ4v) is 3.42. The van der Waals surface area contributed by atoms with E-state index in [9.17, 15) is 4.79 Å². The largest absolute Gasteiger partial charge is 0.324 e. The van der Waals surface area contributed by atoms with Gasteiger partial charge in [-0.3, -0.25) is 4.68 Å². The van der Waals surface area contributed by atoms with Gasteiger partial charge in [0.15, 0.2) is 0 Å². The number of hydrogen-bond donors (Lipinski definition) is 1. The molecule has 24 heavy (non-hydrogen) atoms. The normalized spacial score (nSPS) is 15.5. The highest BCUT2D eigenvalue weighted by molar-refractivity contribution is 6.33. The molecule has 0 radical (unpaired) electrons. The van der Waals surface area contributed by atoms with Gasteiger partial charge < -0.3 is 10.2 Å². The van der Waals surface area contributed by atoms with Crippen LogP contribution in [-0.4, -0.2) is 33.8 Å². The summed E-state index contributed by atoms with van der Waals surface area (Å²) in [5, 5.41) is 7.88. The maximum Gasteiger partial charge on any atom is 0.321 e. The molecule has 1 aromatic carbocycles. The van der Waals surface area contributed by atoms with Gasteiger partial charge in [-0.1, -0.05) is 23.7 Å². The van der Waals surface area contributed by atoms with E-state index in [0.29, 0.717) is 16.6 Å². The lowest BCUT2D eigenvalue weighted by molar-refractivity contribution is 0.194. The van der Waals surface area contributed by atoms with Gasteiger partial charge in [0, 0.05) is 25.8 Å². The lowest BCUT2D eigenvalue weighted by Gasteiger charge is -2.31. The van der Waals surface area contributed by atoms with Crippen LogP contribution in [0.2, 0.25) is 5.02 Å². The van der Waals surface area contributed by atoms with Crippen molar-refractivity contribution >= 4 is 23.3 Å². The minimum absolute atomic E-state index is 0.0751. The first-order valence-electron chi connectivity index (χ1n) is 8.42. The molecule has 2 amide bonds. The van der Waals surface area contributed by atoms with E-state index < -0.39 is 0 Å². The number of hydrogen-bond acceptors (Lipinski definition) is 2. The summed E-state index contributed by atoms with van der Waals surface area (Å²) in [6, 6.07) is 5.55. The summed E-state index contributed by atoms with van der Waals surface area (Å²) in [6.07, 6.45) is 6.00. The number of likely N-dealkylation sites (tertiary alicyclic amines) is 1. The summed E-state index contributed by atoms with van der Waals surface area (Å²) < 4.78 is 1.95. The predicted octanol–water partition coefficient (Wildman–Crippen LogP) is 4.28. The van der Waals surface area contributed by atoms with Crippen LogP contribution >= 0.6 is 11.6 Å². The van der Waals surface area contributed by atoms with E-state index in [2.05, 4.69) is 23.5 Å². The first kappa shape index (κ1) is 16.8. The van der Waals surface area contributed by atoms with Gasteiger partial charge in [0.25, 0.3) is 0 Å². The number of carbonyl (C=O) groups excluding carboxylic acids is 1. The molecule has 1 fully saturated rings. The van der Waals surface area contributed by atoms with E-state index in [1.54, 1.807) is 6.07 Å². The minimum atomic E-state index is -0.0751. The zero-order valence-electron chi connectivity index (χ0n) is 14.1. The van der Waals surface area contributed by atoms with Crippen molar-refractivity contribution in [3.8, 4) is 0 Å². The molecule has 0 bridgehead atoms. The van der Waals surface area contributed by atoms with Crippen LogP contribution < -0.4 is 5.32 Å². The first-order chi connectivity index (χ1) is 11.6. The quantitative estimate of drug-likeness (QED) is 0.901. The molecule has 1 saturated heterocycles. The van der Waals surface area contributed by atoms with Gasteiger partial charge in [0.05, 0.1) is 16.9 Å². The van der Waals surface area contributed by atoms with E-state index in [1.165, 1.54) is 5.56 Å². The third kappa shape index (κ3) is 3.56. The second-order valence-electron chi connectivity index (χ2n) is 6.25. The summed E-state index contributed by atoms with van der Waals surface area (Å²) in [7, 11) is 0. The van der Waals surface area contributed by atoms with Crippen molar-refractivity contribution in [2.24, 2.45) is 0 Å². The Bertz CT molecular complexity index is 699. The third-order valence-electron chi connectivity index (χ3n) is 4.68. The lowest BCUT2D eigenvalue weighted by atomic mass is 9.92. The molecule has 3 rings (SSSR count). The molecule has 0 spiro atoms. The van der Waals surface area contributed by atoms with Gasteiger partial charge in [-0.05, 0) is 49.8 Å². The molecule has 2 heterocycles. The highest BCUT2D eigenvalue weighted by Gasteiger charge is 2.25. The summed E-state index contributed by atoms with van der Waals surface area (Å²) in [5.74, 6) is 0.483. The second-order valence-corrected chi connectivity index (χ2v) is 6.66. The average Bonchev–Trinajstić information content (AvgIpc) is 3.07. The molecule has 5 nitrogen and oxygen atoms in total. The fourth-order valence-electron chi connectivity index (χ4n) is 3.16. The van der Waals surface area contributed by atoms with Gasteiger partial charge in [0.2, 0.25) is 0 Å². The molecule has 0 atom stereocenters. The number of aromatic nitrogens is 2. The Labute approximate surface area is 147 Å². The number of carbonyl (C=O) groups is 1. The predicted molar refractivity (Wildman–Crippen MR) is 96.7 cm³/mol. The maximum absolute atomic E-state index is 12.5. The zero-order chi connectivity index (χ0) is 17.1. The van der Waals surface area contributed by atoms with Crippen molar-refractivity contribution in [1.82, 2.24) is 14.7 Å². The number of rotatable bonds is 3. The van der Waals surface area contributed by atoms with E-state index >= 15 is 0 Å². The van der Waals surface area contributed by atoms with Crippen LogP contribution in [0.5, 0.6) is 0 Å². The Morgan fingerprint density at radius 2 is 2.12 bits per heavy atom. The summed E-state index contributed by atoms with van der Waals surface area (Å²) in [5.41, 5.74) is 2.95. The van der Waals surface area contributed by atoms with Crippen molar-refractivity contribution in [3.63, 3.8) is 0 Å². The van der Waals surface area contributed by atoms with Gasteiger partial charge in [-0.2, -0.15) is 5.10 Å². The summed E-state index contributed by atoms with van der Waals surface area (Å²) >= 11 is 6.19. The average molecular weight is 347 g/mol. The molecule has 1 N–H and O–H groups in total. The minimum Gasteiger partial charge on any atom is -0.324 e. The first-order valence-corrected chi connectivity index (χ1v) is 8.79. The smallest absolute Gasteiger partial charge is 0.321 e. The van der Waals surface area contributed by atoms with Crippen LogP contribution in [0.3, 0.4) is 0 Å². The molecule has 0 aliphatic carbocycles. The number of para-hydroxylation sites is 1. The molecule has 0 saturated carbocycles. The molecule has 1 aliphatic heterocycles. The number of piperidine rings is 1. The molecule has 1 aliphatic rings. The zero-order valence-corrected chi connectivity index (χ0v) is 14.9. The van der Waals surface area contributed by atoms with Crippen LogP contribution in [-0.2, 0) is 6.54 Å². The lowest BCUT2D eigenvalue weighted by Crippen LogP contribution is -2.40. The van der Waals surface area contributed by atoms with Gasteiger partial charge in [0.1, 0.15) is 0 Å². The van der Waals surface area contributed by atoms with E-state index in [4.69, 9.17) is 11.6 Å². The number of aryl methyl sites for hydroxylation is 2. The Hall–Kier alpha value is -2.01. The Balaban J connectivity index is 1.59. The van der Waals surface area contributed by atoms with Crippen molar-refractivity contribution in [1.29, 1.82) is 0 Å². The molecule has 1 aromatic heterocycles. The second kappa shape index (κ2) is 7.26. The molecule has 128 valence electrons. The number of amides is 2. The Morgan fingerprint density at radius 3 is 2.75 bits per heavy atom. The number of anilines is 1. The SMILES string of the molecule is CCn1cc(C2CCN(C(=O)Nc3c(C)cccc3Cl)CC2)cn1. The van der Waals surface area contributed by atoms with Crippen LogP contribution in [0.4, 0.5) is 10.5 Å². The number of benzene rings is 1. The van der Waals surface area contributed by atoms with Gasteiger partial charge >= 0.3 is 6.03 Å². The standard InChI is InChI=1S/C18H23ClN4O/c1-3-23-12-15(11-20-23)14-7-9-22(10-8-14)18(24)21-17-13(2)5-4-6-16(17)19/h4-6,11-12,14H,3,7-10H2,1-2H3,(H,21,24). The molecular weight excluding hydrogens is 324 g/mol. The summed E-state index contributed by atoms with van der Waals surface area (Å²) in [4.78, 5) is 14.4. The van der Waals surface area contributed by atoms with E-state index in [0.717, 1.165) is 38.0 Å². The van der Waals surface area contributed by atoms with Gasteiger partial charge in [-0.25, -0.2) is 4.79 Å². The topological polar surface area (TPSA) is 50.2 Å². The maximum atomic E-state index is 12.5. The van der Waals surface area contributed by atoms with Crippen molar-refractivity contribution in [2.75, 3.05) is 18.4 Å². The van der Waals surface area contributed by atoms with E-state index in [-0.39, 0.29) is 6.03 Å². The fraction of sp³-hybridized carbons (Fsp3) is 0.444. The monoisotopic (exact) mass is 346 g/mol. The highest BCUT2D eigenvalue weighted by Crippen LogP contribution is 2.29. The molecule has 6 heteroatoms. The molecule has 2 aromatic rings. The van der Waals surface area contributed by atoms with Crippen LogP contribution in [0, 0.1) is 6.92 Å².